The van der Waals surface area contributed by atoms with Gasteiger partial charge < -0.3 is 15.1 Å². The zero-order valence-corrected chi connectivity index (χ0v) is 10.1. The lowest BCUT2D eigenvalue weighted by molar-refractivity contribution is -0.119. The van der Waals surface area contributed by atoms with Gasteiger partial charge in [-0.3, -0.25) is 9.36 Å². The van der Waals surface area contributed by atoms with Gasteiger partial charge in [-0.25, -0.2) is 0 Å². The van der Waals surface area contributed by atoms with E-state index in [1.165, 1.54) is 11.8 Å². The number of unbranched alkanes of at least 4 members (excludes halogenated alkanes) is 1. The number of thioether (sulfide) groups is 1. The molecule has 0 aliphatic carbocycles. The molecule has 1 saturated heterocycles. The lowest BCUT2D eigenvalue weighted by atomic mass is 10.3. The fourth-order valence-electron chi connectivity index (χ4n) is 1.15. The first-order valence-electron chi connectivity index (χ1n) is 4.64. The summed E-state index contributed by atoms with van der Waals surface area (Å²) < 4.78 is 10.7. The van der Waals surface area contributed by atoms with Crippen LogP contribution in [-0.2, 0) is 9.36 Å². The maximum absolute atomic E-state index is 11.3. The van der Waals surface area contributed by atoms with E-state index in [0.29, 0.717) is 5.03 Å². The molecular formula is C8H14NO4PS. The highest BCUT2D eigenvalue weighted by Crippen LogP contribution is 2.41. The molecule has 86 valence electrons. The normalized spacial score (nSPS) is 24.6. The predicted molar refractivity (Wildman–Crippen MR) is 59.4 cm³/mol. The van der Waals surface area contributed by atoms with Crippen LogP contribution < -0.4 is 5.32 Å². The van der Waals surface area contributed by atoms with Crippen LogP contribution in [0.25, 0.3) is 0 Å². The Morgan fingerprint density at radius 3 is 2.80 bits per heavy atom. The van der Waals surface area contributed by atoms with Crippen LogP contribution in [-0.4, -0.2) is 27.1 Å². The van der Waals surface area contributed by atoms with Gasteiger partial charge in [0, 0.05) is 0 Å². The quantitative estimate of drug-likeness (QED) is 0.650. The second-order valence-corrected chi connectivity index (χ2v) is 6.24. The molecule has 0 bridgehead atoms. The van der Waals surface area contributed by atoms with Crippen molar-refractivity contribution in [3.05, 3.63) is 11.1 Å². The number of nitrogens with one attached hydrogen (secondary N) is 1. The number of amides is 1. The van der Waals surface area contributed by atoms with Gasteiger partial charge in [-0.15, -0.1) is 0 Å². The lowest BCUT2D eigenvalue weighted by Gasteiger charge is -2.06. The zero-order valence-electron chi connectivity index (χ0n) is 8.34. The number of allylic oxidation sites excluding steroid dienone is 1. The maximum Gasteiger partial charge on any atom is 0.327 e. The smallest absolute Gasteiger partial charge is 0.324 e. The minimum Gasteiger partial charge on any atom is -0.324 e. The molecule has 0 spiro atoms. The molecule has 0 aromatic heterocycles. The Bertz CT molecular complexity index is 325. The summed E-state index contributed by atoms with van der Waals surface area (Å²) in [6.45, 7) is 2.02. The Hall–Kier alpha value is -0.290. The maximum atomic E-state index is 11.3. The van der Waals surface area contributed by atoms with E-state index in [4.69, 9.17) is 9.79 Å². The van der Waals surface area contributed by atoms with Crippen molar-refractivity contribution >= 4 is 25.3 Å². The van der Waals surface area contributed by atoms with Gasteiger partial charge in [0.1, 0.15) is 5.25 Å². The van der Waals surface area contributed by atoms with Crippen LogP contribution in [0.3, 0.4) is 0 Å². The van der Waals surface area contributed by atoms with E-state index >= 15 is 0 Å². The van der Waals surface area contributed by atoms with Crippen molar-refractivity contribution in [3.8, 4) is 0 Å². The van der Waals surface area contributed by atoms with Crippen LogP contribution in [0, 0.1) is 0 Å². The fourth-order valence-corrected chi connectivity index (χ4v) is 3.47. The first kappa shape index (κ1) is 12.8. The van der Waals surface area contributed by atoms with Crippen LogP contribution in [0.1, 0.15) is 19.8 Å². The van der Waals surface area contributed by atoms with E-state index in [1.807, 2.05) is 13.0 Å². The van der Waals surface area contributed by atoms with Crippen molar-refractivity contribution < 1.29 is 19.1 Å². The van der Waals surface area contributed by atoms with E-state index in [1.54, 1.807) is 0 Å². The third kappa shape index (κ3) is 4.38. The molecule has 1 unspecified atom stereocenters. The fraction of sp³-hybridized carbons (Fsp3) is 0.625. The highest BCUT2D eigenvalue weighted by atomic mass is 32.2. The van der Waals surface area contributed by atoms with Crippen LogP contribution in [0.4, 0.5) is 0 Å². The Labute approximate surface area is 92.5 Å². The Kier molecular flexibility index (Phi) is 4.40. The molecule has 1 amide bonds. The Morgan fingerprint density at radius 2 is 2.27 bits per heavy atom. The average Bonchev–Trinajstić information content (AvgIpc) is 2.41. The summed E-state index contributed by atoms with van der Waals surface area (Å²) in [6.07, 6.45) is 3.31. The summed E-state index contributed by atoms with van der Waals surface area (Å²) in [5.41, 5.74) is 0. The first-order chi connectivity index (χ1) is 6.92. The molecule has 1 aliphatic heterocycles. The number of carbonyl (C=O) groups excluding carboxylic acids is 1. The molecule has 1 heterocycles. The van der Waals surface area contributed by atoms with Gasteiger partial charge in [0.25, 0.3) is 0 Å². The Morgan fingerprint density at radius 1 is 1.60 bits per heavy atom. The number of hydrogen-bond donors (Lipinski definition) is 3. The molecule has 1 atom stereocenters. The molecule has 1 fully saturated rings. The summed E-state index contributed by atoms with van der Waals surface area (Å²) in [7, 11) is -4.11. The van der Waals surface area contributed by atoms with E-state index in [2.05, 4.69) is 5.32 Å². The van der Waals surface area contributed by atoms with Crippen molar-refractivity contribution in [1.82, 2.24) is 5.32 Å². The molecular weight excluding hydrogens is 237 g/mol. The molecule has 3 N–H and O–H groups in total. The van der Waals surface area contributed by atoms with Gasteiger partial charge in [-0.1, -0.05) is 31.2 Å². The summed E-state index contributed by atoms with van der Waals surface area (Å²) >= 11 is 1.19. The monoisotopic (exact) mass is 251 g/mol. The molecule has 0 radical (unpaired) electrons. The molecule has 0 saturated carbocycles. The van der Waals surface area contributed by atoms with Crippen molar-refractivity contribution in [3.63, 3.8) is 0 Å². The van der Waals surface area contributed by atoms with E-state index < -0.39 is 19.0 Å². The van der Waals surface area contributed by atoms with Gasteiger partial charge >= 0.3 is 7.60 Å². The standard InChI is InChI=1S/C8H14NO4PS/c1-2-3-4-7-9-8(10)6(15-7)5-14(11,12)13/h4,6H,2-3,5H2,1H3,(H,9,10)(H2,11,12,13)/b7-4-. The number of rotatable bonds is 4. The third-order valence-electron chi connectivity index (χ3n) is 1.83. The minimum absolute atomic E-state index is 0.314. The Balaban J connectivity index is 2.57. The number of hydrogen-bond acceptors (Lipinski definition) is 3. The van der Waals surface area contributed by atoms with Gasteiger partial charge in [0.2, 0.25) is 5.91 Å². The number of carbonyl (C=O) groups is 1. The highest BCUT2D eigenvalue weighted by Gasteiger charge is 2.34. The van der Waals surface area contributed by atoms with Crippen molar-refractivity contribution in [2.75, 3.05) is 6.16 Å². The van der Waals surface area contributed by atoms with E-state index in [9.17, 15) is 9.36 Å². The second kappa shape index (κ2) is 5.16. The molecule has 1 aliphatic rings. The topological polar surface area (TPSA) is 86.6 Å². The predicted octanol–water partition coefficient (Wildman–Crippen LogP) is 1.04. The molecule has 1 rings (SSSR count). The minimum atomic E-state index is -4.11. The van der Waals surface area contributed by atoms with Crippen molar-refractivity contribution in [2.24, 2.45) is 0 Å². The van der Waals surface area contributed by atoms with Gasteiger partial charge in [0.05, 0.1) is 11.2 Å². The van der Waals surface area contributed by atoms with E-state index in [0.717, 1.165) is 12.8 Å². The molecule has 0 aromatic rings. The summed E-state index contributed by atoms with van der Waals surface area (Å²) in [6, 6.07) is 0. The summed E-state index contributed by atoms with van der Waals surface area (Å²) in [5, 5.41) is 2.65. The molecule has 15 heavy (non-hydrogen) atoms. The lowest BCUT2D eigenvalue weighted by Crippen LogP contribution is -2.24. The van der Waals surface area contributed by atoms with Crippen LogP contribution in [0.5, 0.6) is 0 Å². The van der Waals surface area contributed by atoms with Gasteiger partial charge in [0.15, 0.2) is 0 Å². The third-order valence-corrected chi connectivity index (χ3v) is 4.11. The van der Waals surface area contributed by atoms with Crippen LogP contribution in [0.2, 0.25) is 0 Å². The summed E-state index contributed by atoms with van der Waals surface area (Å²) in [5.74, 6) is -0.314. The molecule has 5 nitrogen and oxygen atoms in total. The van der Waals surface area contributed by atoms with Crippen LogP contribution >= 0.6 is 19.4 Å². The van der Waals surface area contributed by atoms with Gasteiger partial charge in [-0.05, 0) is 6.42 Å². The largest absolute Gasteiger partial charge is 0.327 e. The zero-order chi connectivity index (χ0) is 11.5. The van der Waals surface area contributed by atoms with Crippen molar-refractivity contribution in [1.29, 1.82) is 0 Å². The second-order valence-electron chi connectivity index (χ2n) is 3.30. The van der Waals surface area contributed by atoms with Crippen molar-refractivity contribution in [2.45, 2.75) is 25.0 Å². The average molecular weight is 251 g/mol. The van der Waals surface area contributed by atoms with Crippen LogP contribution in [0.15, 0.2) is 11.1 Å². The highest BCUT2D eigenvalue weighted by molar-refractivity contribution is 8.05. The van der Waals surface area contributed by atoms with Gasteiger partial charge in [-0.2, -0.15) is 0 Å². The molecule has 0 aromatic carbocycles. The van der Waals surface area contributed by atoms with E-state index in [-0.39, 0.29) is 5.91 Å². The first-order valence-corrected chi connectivity index (χ1v) is 7.32. The SMILES string of the molecule is CCC/C=C1/NC(=O)C(CP(=O)(O)O)S1. The molecule has 7 heteroatoms. The summed E-state index contributed by atoms with van der Waals surface area (Å²) in [4.78, 5) is 28.8.